The zero-order chi connectivity index (χ0) is 17.1. The molecular formula is C17H14Br2N4O. The number of nitrogens with one attached hydrogen (secondary N) is 2. The highest BCUT2D eigenvalue weighted by Gasteiger charge is 2.11. The van der Waals surface area contributed by atoms with Crippen LogP contribution in [0.4, 0.5) is 16.2 Å². The van der Waals surface area contributed by atoms with Crippen molar-refractivity contribution in [1.82, 2.24) is 0 Å². The number of carbonyl (C=O) groups is 1. The lowest BCUT2D eigenvalue weighted by Crippen LogP contribution is -2.19. The van der Waals surface area contributed by atoms with Gasteiger partial charge in [0.15, 0.2) is 0 Å². The van der Waals surface area contributed by atoms with E-state index in [1.165, 1.54) is 0 Å². The number of amidine groups is 1. The molecule has 0 radical (unpaired) electrons. The Morgan fingerprint density at radius 3 is 2.46 bits per heavy atom. The van der Waals surface area contributed by atoms with E-state index in [0.717, 1.165) is 20.1 Å². The molecule has 3 rings (SSSR count). The molecule has 0 atom stereocenters. The number of carbonyl (C=O) groups excluding carboxylic acids is 1. The van der Waals surface area contributed by atoms with Gasteiger partial charge in [0.05, 0.1) is 0 Å². The predicted molar refractivity (Wildman–Crippen MR) is 105 cm³/mol. The summed E-state index contributed by atoms with van der Waals surface area (Å²) in [5, 5.41) is 5.62. The van der Waals surface area contributed by atoms with E-state index in [9.17, 15) is 4.79 Å². The lowest BCUT2D eigenvalue weighted by Gasteiger charge is -2.10. The number of nitrogens with two attached hydrogens (primary N) is 1. The SMILES string of the molecule is NC1=NC=C(c2cccc(NC(=O)Nc3ccc(Br)c(Br)c3)c2)C1. The zero-order valence-corrected chi connectivity index (χ0v) is 15.7. The van der Waals surface area contributed by atoms with Gasteiger partial charge in [-0.25, -0.2) is 9.79 Å². The van der Waals surface area contributed by atoms with Gasteiger partial charge in [0.25, 0.3) is 0 Å². The third-order valence-corrected chi connectivity index (χ3v) is 5.31. The Labute approximate surface area is 156 Å². The molecule has 1 aliphatic heterocycles. The Hall–Kier alpha value is -2.12. The van der Waals surface area contributed by atoms with Crippen molar-refractivity contribution in [3.8, 4) is 0 Å². The Kier molecular flexibility index (Phi) is 5.01. The molecule has 0 aromatic heterocycles. The second-order valence-corrected chi connectivity index (χ2v) is 6.95. The summed E-state index contributed by atoms with van der Waals surface area (Å²) in [6, 6.07) is 12.8. The van der Waals surface area contributed by atoms with Gasteiger partial charge < -0.3 is 16.4 Å². The fraction of sp³-hybridized carbons (Fsp3) is 0.0588. The molecule has 5 nitrogen and oxygen atoms in total. The molecule has 0 bridgehead atoms. The van der Waals surface area contributed by atoms with Crippen molar-refractivity contribution in [1.29, 1.82) is 0 Å². The van der Waals surface area contributed by atoms with Crippen molar-refractivity contribution >= 4 is 60.7 Å². The van der Waals surface area contributed by atoms with E-state index in [1.54, 1.807) is 6.20 Å². The van der Waals surface area contributed by atoms with Crippen molar-refractivity contribution in [3.05, 3.63) is 63.2 Å². The molecule has 1 aliphatic rings. The van der Waals surface area contributed by atoms with Crippen LogP contribution in [0, 0.1) is 0 Å². The maximum absolute atomic E-state index is 12.2. The molecule has 2 aromatic rings. The highest BCUT2D eigenvalue weighted by Crippen LogP contribution is 2.27. The standard InChI is InChI=1S/C17H14Br2N4O/c18-14-5-4-13(8-15(14)19)23-17(24)22-12-3-1-2-10(6-12)11-7-16(20)21-9-11/h1-6,8-9H,7H2,(H2,20,21)(H2,22,23,24). The minimum Gasteiger partial charge on any atom is -0.387 e. The second-order valence-electron chi connectivity index (χ2n) is 5.24. The molecule has 122 valence electrons. The maximum atomic E-state index is 12.2. The molecule has 7 heteroatoms. The molecule has 0 saturated heterocycles. The van der Waals surface area contributed by atoms with Crippen LogP contribution in [0.2, 0.25) is 0 Å². The van der Waals surface area contributed by atoms with Gasteiger partial charge >= 0.3 is 6.03 Å². The first-order chi connectivity index (χ1) is 11.5. The molecule has 24 heavy (non-hydrogen) atoms. The third-order valence-electron chi connectivity index (χ3n) is 3.43. The minimum absolute atomic E-state index is 0.308. The van der Waals surface area contributed by atoms with Gasteiger partial charge in [-0.3, -0.25) is 0 Å². The summed E-state index contributed by atoms with van der Waals surface area (Å²) in [5.41, 5.74) is 9.12. The molecule has 0 spiro atoms. The van der Waals surface area contributed by atoms with Crippen LogP contribution in [-0.2, 0) is 0 Å². The normalized spacial score (nSPS) is 13.2. The largest absolute Gasteiger partial charge is 0.387 e. The minimum atomic E-state index is -0.308. The van der Waals surface area contributed by atoms with Crippen LogP contribution in [-0.4, -0.2) is 11.9 Å². The summed E-state index contributed by atoms with van der Waals surface area (Å²) < 4.78 is 1.79. The average molecular weight is 450 g/mol. The number of anilines is 2. The van der Waals surface area contributed by atoms with Gasteiger partial charge in [-0.15, -0.1) is 0 Å². The Morgan fingerprint density at radius 2 is 1.79 bits per heavy atom. The highest BCUT2D eigenvalue weighted by atomic mass is 79.9. The van der Waals surface area contributed by atoms with Crippen LogP contribution in [0.1, 0.15) is 12.0 Å². The summed E-state index contributed by atoms with van der Waals surface area (Å²) in [5.74, 6) is 0.599. The summed E-state index contributed by atoms with van der Waals surface area (Å²) in [6.07, 6.45) is 2.39. The number of aliphatic imine (C=N–C) groups is 1. The quantitative estimate of drug-likeness (QED) is 0.619. The van der Waals surface area contributed by atoms with Gasteiger partial charge in [0, 0.05) is 32.9 Å². The molecule has 2 amide bonds. The number of halogens is 2. The van der Waals surface area contributed by atoms with Gasteiger partial charge in [-0.1, -0.05) is 12.1 Å². The van der Waals surface area contributed by atoms with Crippen molar-refractivity contribution in [3.63, 3.8) is 0 Å². The monoisotopic (exact) mass is 448 g/mol. The number of urea groups is 1. The Morgan fingerprint density at radius 1 is 1.04 bits per heavy atom. The van der Waals surface area contributed by atoms with Crippen LogP contribution in [0.3, 0.4) is 0 Å². The van der Waals surface area contributed by atoms with E-state index in [4.69, 9.17) is 5.73 Å². The molecule has 0 saturated carbocycles. The number of hydrogen-bond donors (Lipinski definition) is 3. The van der Waals surface area contributed by atoms with E-state index in [0.29, 0.717) is 23.6 Å². The van der Waals surface area contributed by atoms with Crippen LogP contribution in [0.25, 0.3) is 5.57 Å². The van der Waals surface area contributed by atoms with Crippen LogP contribution >= 0.6 is 31.9 Å². The maximum Gasteiger partial charge on any atom is 0.323 e. The first-order valence-corrected chi connectivity index (χ1v) is 8.74. The fourth-order valence-corrected chi connectivity index (χ4v) is 2.91. The van der Waals surface area contributed by atoms with Crippen molar-refractivity contribution in [2.24, 2.45) is 10.7 Å². The summed E-state index contributed by atoms with van der Waals surface area (Å²) in [7, 11) is 0. The zero-order valence-electron chi connectivity index (χ0n) is 12.5. The first-order valence-electron chi connectivity index (χ1n) is 7.16. The van der Waals surface area contributed by atoms with Gasteiger partial charge in [-0.2, -0.15) is 0 Å². The fourth-order valence-electron chi connectivity index (χ4n) is 2.29. The van der Waals surface area contributed by atoms with E-state index in [2.05, 4.69) is 47.5 Å². The molecule has 2 aromatic carbocycles. The summed E-state index contributed by atoms with van der Waals surface area (Å²) in [6.45, 7) is 0. The molecular weight excluding hydrogens is 436 g/mol. The van der Waals surface area contributed by atoms with E-state index in [1.807, 2.05) is 42.5 Å². The number of hydrogen-bond acceptors (Lipinski definition) is 3. The molecule has 0 aliphatic carbocycles. The van der Waals surface area contributed by atoms with Crippen LogP contribution < -0.4 is 16.4 Å². The predicted octanol–water partition coefficient (Wildman–Crippen LogP) is 4.96. The van der Waals surface area contributed by atoms with Crippen molar-refractivity contribution < 1.29 is 4.79 Å². The van der Waals surface area contributed by atoms with Crippen LogP contribution in [0.5, 0.6) is 0 Å². The Bertz CT molecular complexity index is 861. The van der Waals surface area contributed by atoms with E-state index in [-0.39, 0.29) is 6.03 Å². The Balaban J connectivity index is 1.67. The first kappa shape index (κ1) is 16.7. The molecule has 1 heterocycles. The summed E-state index contributed by atoms with van der Waals surface area (Å²) in [4.78, 5) is 16.2. The van der Waals surface area contributed by atoms with Crippen molar-refractivity contribution in [2.45, 2.75) is 6.42 Å². The molecule has 4 N–H and O–H groups in total. The average Bonchev–Trinajstić information content (AvgIpc) is 2.98. The van der Waals surface area contributed by atoms with Gasteiger partial charge in [0.2, 0.25) is 0 Å². The van der Waals surface area contributed by atoms with Crippen molar-refractivity contribution in [2.75, 3.05) is 10.6 Å². The third kappa shape index (κ3) is 4.04. The number of rotatable bonds is 3. The number of nitrogens with zero attached hydrogens (tertiary/aromatic N) is 1. The molecule has 0 unspecified atom stereocenters. The van der Waals surface area contributed by atoms with Gasteiger partial charge in [0.1, 0.15) is 5.84 Å². The smallest absolute Gasteiger partial charge is 0.323 e. The molecule has 0 fully saturated rings. The van der Waals surface area contributed by atoms with E-state index >= 15 is 0 Å². The second kappa shape index (κ2) is 7.19. The van der Waals surface area contributed by atoms with E-state index < -0.39 is 0 Å². The number of benzene rings is 2. The van der Waals surface area contributed by atoms with Gasteiger partial charge in [-0.05, 0) is 73.3 Å². The highest BCUT2D eigenvalue weighted by molar-refractivity contribution is 9.13. The summed E-state index contributed by atoms with van der Waals surface area (Å²) >= 11 is 6.80. The lowest BCUT2D eigenvalue weighted by molar-refractivity contribution is 0.262. The number of amides is 2. The van der Waals surface area contributed by atoms with Crippen LogP contribution in [0.15, 0.2) is 62.6 Å². The topological polar surface area (TPSA) is 79.5 Å². The lowest BCUT2D eigenvalue weighted by atomic mass is 10.0.